The van der Waals surface area contributed by atoms with Gasteiger partial charge >= 0.3 is 12.8 Å². The van der Waals surface area contributed by atoms with Gasteiger partial charge in [-0.05, 0) is 23.5 Å². The van der Waals surface area contributed by atoms with Crippen LogP contribution in [0.25, 0.3) is 10.1 Å². The van der Waals surface area contributed by atoms with Crippen LogP contribution in [0.15, 0.2) is 24.3 Å². The van der Waals surface area contributed by atoms with Crippen molar-refractivity contribution in [3.05, 3.63) is 34.7 Å². The Morgan fingerprint density at radius 1 is 0.962 bits per heavy atom. The highest BCUT2D eigenvalue weighted by molar-refractivity contribution is 7.38. The Morgan fingerprint density at radius 3 is 1.92 bits per heavy atom. The minimum absolute atomic E-state index is 0.137. The second kappa shape index (κ2) is 8.19. The van der Waals surface area contributed by atoms with E-state index in [-0.39, 0.29) is 5.41 Å². The first-order valence-electron chi connectivity index (χ1n) is 8.18. The van der Waals surface area contributed by atoms with Gasteiger partial charge in [-0.1, -0.05) is 40.2 Å². The summed E-state index contributed by atoms with van der Waals surface area (Å²) in [4.78, 5) is 0.547. The van der Waals surface area contributed by atoms with Crippen molar-refractivity contribution in [2.45, 2.75) is 57.9 Å². The van der Waals surface area contributed by atoms with Crippen LogP contribution >= 0.6 is 10.5 Å². The summed E-state index contributed by atoms with van der Waals surface area (Å²) >= 11 is 0. The smallest absolute Gasteiger partial charge is 0.418 e. The van der Waals surface area contributed by atoms with Crippen molar-refractivity contribution in [2.24, 2.45) is 0 Å². The summed E-state index contributed by atoms with van der Waals surface area (Å²) in [5, 5.41) is 0.745. The molecule has 0 saturated carbocycles. The lowest BCUT2D eigenvalue weighted by molar-refractivity contribution is -0.0867. The fourth-order valence-corrected chi connectivity index (χ4v) is 4.50. The molecule has 0 amide bonds. The monoisotopic (exact) mass is 402 g/mol. The molecule has 1 aromatic heterocycles. The Kier molecular flexibility index (Phi) is 7.18. The van der Waals surface area contributed by atoms with E-state index in [4.69, 9.17) is 0 Å². The first kappa shape index (κ1) is 22.8. The van der Waals surface area contributed by atoms with Crippen LogP contribution in [0.3, 0.4) is 0 Å². The van der Waals surface area contributed by atoms with E-state index in [0.717, 1.165) is 23.8 Å². The number of halogens is 7. The molecule has 26 heavy (non-hydrogen) atoms. The third-order valence-electron chi connectivity index (χ3n) is 3.69. The van der Waals surface area contributed by atoms with Crippen LogP contribution < -0.4 is 0 Å². The minimum Gasteiger partial charge on any atom is -0.418 e. The molecule has 0 spiro atoms. The molecule has 0 aliphatic rings. The quantitative estimate of drug-likeness (QED) is 0.277. The van der Waals surface area contributed by atoms with Crippen LogP contribution in [0, 0.1) is 0 Å². The van der Waals surface area contributed by atoms with Gasteiger partial charge in [0.2, 0.25) is 0 Å². The van der Waals surface area contributed by atoms with Crippen molar-refractivity contribution in [3.63, 3.8) is 0 Å². The Hall–Kier alpha value is -1.25. The number of fused-ring (bicyclic) bond motifs is 1. The largest absolute Gasteiger partial charge is 0.673 e. The van der Waals surface area contributed by atoms with Gasteiger partial charge in [0.25, 0.3) is 0 Å². The molecular weight excluding hydrogens is 380 g/mol. The van der Waals surface area contributed by atoms with Crippen molar-refractivity contribution in [1.29, 1.82) is 0 Å². The lowest BCUT2D eigenvalue weighted by atomic mass is 9.87. The molecule has 0 aliphatic heterocycles. The van der Waals surface area contributed by atoms with E-state index in [9.17, 15) is 30.4 Å². The average molecular weight is 402 g/mol. The second-order valence-corrected chi connectivity index (χ2v) is 9.00. The van der Waals surface area contributed by atoms with Gasteiger partial charge < -0.3 is 17.3 Å². The lowest BCUT2D eigenvalue weighted by Crippen LogP contribution is -2.10. The zero-order valence-electron chi connectivity index (χ0n) is 15.1. The fourth-order valence-electron chi connectivity index (χ4n) is 2.47. The van der Waals surface area contributed by atoms with Crippen molar-refractivity contribution >= 4 is 27.8 Å². The summed E-state index contributed by atoms with van der Waals surface area (Å²) in [5.74, 6) is 0. The zero-order valence-corrected chi connectivity index (χ0v) is 15.9. The first-order chi connectivity index (χ1) is 11.6. The molecule has 1 atom stereocenters. The summed E-state index contributed by atoms with van der Waals surface area (Å²) in [6.45, 7) is 8.09. The molecule has 9 heteroatoms. The molecule has 2 rings (SSSR count). The summed E-state index contributed by atoms with van der Waals surface area (Å²) in [7, 11) is -7.74. The molecule has 0 nitrogen and oxygen atoms in total. The van der Waals surface area contributed by atoms with E-state index in [0.29, 0.717) is 16.0 Å². The van der Waals surface area contributed by atoms with Crippen LogP contribution in [-0.2, 0) is 17.3 Å². The molecule has 1 unspecified atom stereocenters. The summed E-state index contributed by atoms with van der Waals surface area (Å²) in [6.07, 6.45) is 2.26. The topological polar surface area (TPSA) is 0 Å². The highest BCUT2D eigenvalue weighted by Crippen LogP contribution is 2.51. The maximum absolute atomic E-state index is 13.5. The zero-order chi connectivity index (χ0) is 20.3. The minimum atomic E-state index is -6.00. The number of benzene rings is 1. The van der Waals surface area contributed by atoms with E-state index in [1.54, 1.807) is 12.1 Å². The molecule has 0 N–H and O–H groups in total. The summed E-state index contributed by atoms with van der Waals surface area (Å²) < 4.78 is 80.0. The number of hydrogen-bond donors (Lipinski definition) is 0. The standard InChI is InChI=1S/C17H22F3S.BF4/c1-5-6-7-14-10-12-8-9-13(16(2,3)4)11-15(12)21(14)17(18,19)20;2-1(3,4)5/h8-11H,5-7H2,1-4H3;/q+1;-1. The maximum Gasteiger partial charge on any atom is 0.673 e. The van der Waals surface area contributed by atoms with Gasteiger partial charge in [0.15, 0.2) is 9.58 Å². The van der Waals surface area contributed by atoms with Crippen molar-refractivity contribution < 1.29 is 30.4 Å². The van der Waals surface area contributed by atoms with E-state index in [1.807, 2.05) is 39.8 Å². The van der Waals surface area contributed by atoms with Gasteiger partial charge in [-0.25, -0.2) is 0 Å². The van der Waals surface area contributed by atoms with Gasteiger partial charge in [-0.15, -0.1) is 13.2 Å². The molecule has 0 aliphatic carbocycles. The van der Waals surface area contributed by atoms with Crippen LogP contribution in [0.1, 0.15) is 51.0 Å². The fraction of sp³-hybridized carbons (Fsp3) is 0.529. The lowest BCUT2D eigenvalue weighted by Gasteiger charge is -2.18. The van der Waals surface area contributed by atoms with E-state index < -0.39 is 23.2 Å². The van der Waals surface area contributed by atoms with E-state index in [1.165, 1.54) is 0 Å². The SMILES string of the molecule is CCCCc1cc2ccc(C(C)(C)C)cc2[s+]1C(F)(F)F.F[B-](F)(F)F. The number of alkyl halides is 3. The number of hydrogen-bond acceptors (Lipinski definition) is 0. The van der Waals surface area contributed by atoms with Gasteiger partial charge in [-0.2, -0.15) is 0 Å². The Balaban J connectivity index is 0.000000597. The molecule has 2 aromatic rings. The van der Waals surface area contributed by atoms with Gasteiger partial charge in [0, 0.05) is 23.9 Å². The van der Waals surface area contributed by atoms with Crippen molar-refractivity contribution in [1.82, 2.24) is 0 Å². The average Bonchev–Trinajstić information content (AvgIpc) is 2.79. The van der Waals surface area contributed by atoms with Crippen LogP contribution in [0.2, 0.25) is 0 Å². The molecule has 0 saturated heterocycles. The van der Waals surface area contributed by atoms with Gasteiger partial charge in [-0.3, -0.25) is 0 Å². The van der Waals surface area contributed by atoms with Gasteiger partial charge in [0.1, 0.15) is 0 Å². The maximum atomic E-state index is 13.5. The first-order valence-corrected chi connectivity index (χ1v) is 9.40. The molecular formula is C17H22BF7S. The normalized spacial score (nSPS) is 13.6. The Morgan fingerprint density at radius 2 is 1.50 bits per heavy atom. The second-order valence-electron chi connectivity index (χ2n) is 6.96. The number of rotatable bonds is 3. The predicted molar refractivity (Wildman–Crippen MR) is 95.2 cm³/mol. The van der Waals surface area contributed by atoms with Gasteiger partial charge in [0.05, 0.1) is 10.5 Å². The van der Waals surface area contributed by atoms with Crippen LogP contribution in [-0.4, -0.2) is 7.25 Å². The number of unbranched alkanes of at least 4 members (excludes halogenated alkanes) is 1. The van der Waals surface area contributed by atoms with E-state index in [2.05, 4.69) is 0 Å². The van der Waals surface area contributed by atoms with Crippen molar-refractivity contribution in [3.8, 4) is 0 Å². The van der Waals surface area contributed by atoms with Crippen LogP contribution in [0.4, 0.5) is 30.4 Å². The molecule has 0 fully saturated rings. The Labute approximate surface area is 151 Å². The number of aryl methyl sites for hydroxylation is 1. The third-order valence-corrected chi connectivity index (χ3v) is 5.79. The molecule has 0 radical (unpaired) electrons. The third kappa shape index (κ3) is 6.81. The summed E-state index contributed by atoms with van der Waals surface area (Å²) in [6, 6.07) is 7.33. The number of thiophene rings is 1. The van der Waals surface area contributed by atoms with Crippen molar-refractivity contribution in [2.75, 3.05) is 0 Å². The molecule has 0 bridgehead atoms. The molecule has 1 heterocycles. The van der Waals surface area contributed by atoms with E-state index >= 15 is 0 Å². The predicted octanol–water partition coefficient (Wildman–Crippen LogP) is 8.01. The molecule has 1 aromatic carbocycles. The highest BCUT2D eigenvalue weighted by atomic mass is 32.2. The highest BCUT2D eigenvalue weighted by Gasteiger charge is 2.47. The summed E-state index contributed by atoms with van der Waals surface area (Å²) in [5.41, 5.74) is -3.35. The van der Waals surface area contributed by atoms with Crippen LogP contribution in [0.5, 0.6) is 0 Å². The Bertz CT molecular complexity index is 718. The molecule has 148 valence electrons.